The van der Waals surface area contributed by atoms with E-state index in [2.05, 4.69) is 9.52 Å². The lowest BCUT2D eigenvalue weighted by Gasteiger charge is -2.00. The highest BCUT2D eigenvalue weighted by Crippen LogP contribution is 2.24. The predicted molar refractivity (Wildman–Crippen MR) is 40.4 cm³/mol. The van der Waals surface area contributed by atoms with Crippen molar-refractivity contribution in [3.8, 4) is 0 Å². The lowest BCUT2D eigenvalue weighted by molar-refractivity contribution is 0.0258. The molecule has 1 aliphatic heterocycles. The minimum absolute atomic E-state index is 0.389. The molecule has 1 rings (SSSR count). The highest BCUT2D eigenvalue weighted by atomic mass is 31.1. The molecule has 0 saturated heterocycles. The predicted octanol–water partition coefficient (Wildman–Crippen LogP) is 0.956. The fourth-order valence-electron chi connectivity index (χ4n) is 0.639. The molecule has 11 heavy (non-hydrogen) atoms. The van der Waals surface area contributed by atoms with Gasteiger partial charge >= 0.3 is 8.25 Å². The van der Waals surface area contributed by atoms with Crippen LogP contribution in [0.1, 0.15) is 6.92 Å². The summed E-state index contributed by atoms with van der Waals surface area (Å²) in [6.45, 7) is 3.48. The van der Waals surface area contributed by atoms with E-state index in [0.717, 1.165) is 0 Å². The first kappa shape index (κ1) is 8.59. The minimum Gasteiger partial charge on any atom is -0.271 e. The van der Waals surface area contributed by atoms with Crippen molar-refractivity contribution >= 4 is 14.6 Å². The van der Waals surface area contributed by atoms with E-state index in [1.165, 1.54) is 11.4 Å². The average molecular weight is 177 g/mol. The van der Waals surface area contributed by atoms with Gasteiger partial charge in [-0.15, -0.1) is 4.52 Å². The number of nitrogens with zero attached hydrogens (tertiary/aromatic N) is 2. The molecule has 1 unspecified atom stereocenters. The molecule has 0 bridgehead atoms. The van der Waals surface area contributed by atoms with Crippen LogP contribution in [0.4, 0.5) is 0 Å². The van der Waals surface area contributed by atoms with Crippen LogP contribution in [-0.2, 0) is 13.7 Å². The van der Waals surface area contributed by atoms with Gasteiger partial charge in [0.05, 0.1) is 13.1 Å². The van der Waals surface area contributed by atoms with Gasteiger partial charge in [0.1, 0.15) is 12.9 Å². The molecule has 1 atom stereocenters. The second-order valence-corrected chi connectivity index (χ2v) is 2.75. The van der Waals surface area contributed by atoms with Gasteiger partial charge in [0, 0.05) is 9.19 Å². The minimum atomic E-state index is -2.01. The Morgan fingerprint density at radius 2 is 2.64 bits per heavy atom. The van der Waals surface area contributed by atoms with Crippen LogP contribution in [0.2, 0.25) is 0 Å². The Morgan fingerprint density at radius 1 is 1.82 bits per heavy atom. The summed E-state index contributed by atoms with van der Waals surface area (Å²) in [5.74, 6) is 0. The highest BCUT2D eigenvalue weighted by Gasteiger charge is 2.25. The third-order valence-corrected chi connectivity index (χ3v) is 1.88. The SMILES string of the molecule is CCO[P+](=O)ON1C=NCC1. The van der Waals surface area contributed by atoms with E-state index in [1.54, 1.807) is 6.92 Å². The number of rotatable bonds is 4. The monoisotopic (exact) mass is 177 g/mol. The number of hydrogen-bond donors (Lipinski definition) is 0. The first-order chi connectivity index (χ1) is 5.33. The molecule has 0 N–H and O–H groups in total. The molecule has 6 heteroatoms. The molecule has 1 aliphatic rings. The van der Waals surface area contributed by atoms with Crippen molar-refractivity contribution in [2.24, 2.45) is 4.99 Å². The lowest BCUT2D eigenvalue weighted by atomic mass is 10.7. The fraction of sp³-hybridized carbons (Fsp3) is 0.800. The largest absolute Gasteiger partial charge is 0.722 e. The zero-order chi connectivity index (χ0) is 8.10. The molecule has 0 amide bonds. The summed E-state index contributed by atoms with van der Waals surface area (Å²) < 4.78 is 20.3. The van der Waals surface area contributed by atoms with Crippen molar-refractivity contribution < 1.29 is 13.7 Å². The van der Waals surface area contributed by atoms with E-state index in [-0.39, 0.29) is 0 Å². The van der Waals surface area contributed by atoms with Gasteiger partial charge in [-0.25, -0.2) is 0 Å². The Balaban J connectivity index is 2.19. The Morgan fingerprint density at radius 3 is 3.18 bits per heavy atom. The van der Waals surface area contributed by atoms with E-state index in [4.69, 9.17) is 4.62 Å². The normalized spacial score (nSPS) is 17.5. The van der Waals surface area contributed by atoms with E-state index in [9.17, 15) is 4.57 Å². The van der Waals surface area contributed by atoms with Gasteiger partial charge in [-0.1, -0.05) is 0 Å². The third-order valence-electron chi connectivity index (χ3n) is 1.07. The molecule has 0 radical (unpaired) electrons. The van der Waals surface area contributed by atoms with Gasteiger partial charge in [0.25, 0.3) is 0 Å². The van der Waals surface area contributed by atoms with Crippen molar-refractivity contribution in [3.05, 3.63) is 0 Å². The molecular weight excluding hydrogens is 167 g/mol. The van der Waals surface area contributed by atoms with Crippen molar-refractivity contribution in [2.45, 2.75) is 6.92 Å². The summed E-state index contributed by atoms with van der Waals surface area (Å²) in [7, 11) is -2.01. The summed E-state index contributed by atoms with van der Waals surface area (Å²) in [5, 5.41) is 1.41. The summed E-state index contributed by atoms with van der Waals surface area (Å²) in [4.78, 5) is 3.87. The summed E-state index contributed by atoms with van der Waals surface area (Å²) in [6, 6.07) is 0. The second kappa shape index (κ2) is 4.38. The van der Waals surface area contributed by atoms with E-state index < -0.39 is 8.25 Å². The van der Waals surface area contributed by atoms with Gasteiger partial charge < -0.3 is 0 Å². The molecule has 0 aromatic heterocycles. The quantitative estimate of drug-likeness (QED) is 0.600. The standard InChI is InChI=1S/C5H10N2O3P/c1-2-9-11(8)10-7-4-3-6-5-7/h5H,2-4H2,1H3/q+1. The summed E-state index contributed by atoms with van der Waals surface area (Å²) in [6.07, 6.45) is 1.51. The molecule has 0 aromatic rings. The molecule has 0 spiro atoms. The van der Waals surface area contributed by atoms with E-state index in [0.29, 0.717) is 19.7 Å². The van der Waals surface area contributed by atoms with Gasteiger partial charge in [-0.2, -0.15) is 5.06 Å². The van der Waals surface area contributed by atoms with Crippen LogP contribution in [0, 0.1) is 0 Å². The third kappa shape index (κ3) is 2.93. The van der Waals surface area contributed by atoms with Crippen molar-refractivity contribution in [1.82, 2.24) is 5.06 Å². The first-order valence-corrected chi connectivity index (χ1v) is 4.47. The molecule has 1 heterocycles. The highest BCUT2D eigenvalue weighted by molar-refractivity contribution is 7.33. The van der Waals surface area contributed by atoms with Crippen LogP contribution in [0.25, 0.3) is 0 Å². The maximum atomic E-state index is 10.8. The van der Waals surface area contributed by atoms with Crippen molar-refractivity contribution in [1.29, 1.82) is 0 Å². The number of hydrogen-bond acceptors (Lipinski definition) is 5. The van der Waals surface area contributed by atoms with Gasteiger partial charge in [0.15, 0.2) is 0 Å². The van der Waals surface area contributed by atoms with Gasteiger partial charge in [-0.05, 0) is 6.92 Å². The van der Waals surface area contributed by atoms with Gasteiger partial charge in [-0.3, -0.25) is 4.99 Å². The topological polar surface area (TPSA) is 51.1 Å². The number of aliphatic imine (C=N–C) groups is 1. The smallest absolute Gasteiger partial charge is 0.271 e. The number of hydroxylamine groups is 2. The van der Waals surface area contributed by atoms with Crippen molar-refractivity contribution in [3.63, 3.8) is 0 Å². The first-order valence-electron chi connectivity index (χ1n) is 3.37. The fourth-order valence-corrected chi connectivity index (χ4v) is 1.19. The molecule has 0 saturated carbocycles. The summed E-state index contributed by atoms with van der Waals surface area (Å²) >= 11 is 0. The van der Waals surface area contributed by atoms with E-state index in [1.807, 2.05) is 0 Å². The lowest BCUT2D eigenvalue weighted by Crippen LogP contribution is -2.16. The summed E-state index contributed by atoms with van der Waals surface area (Å²) in [5.41, 5.74) is 0. The Hall–Kier alpha value is -0.510. The molecule has 0 aromatic carbocycles. The Kier molecular flexibility index (Phi) is 3.42. The molecule has 5 nitrogen and oxygen atoms in total. The zero-order valence-corrected chi connectivity index (χ0v) is 7.16. The average Bonchev–Trinajstić information content (AvgIpc) is 2.40. The zero-order valence-electron chi connectivity index (χ0n) is 6.27. The van der Waals surface area contributed by atoms with Crippen LogP contribution in [0.5, 0.6) is 0 Å². The van der Waals surface area contributed by atoms with Gasteiger partial charge in [0.2, 0.25) is 0 Å². The second-order valence-electron chi connectivity index (χ2n) is 1.89. The van der Waals surface area contributed by atoms with Crippen LogP contribution in [-0.4, -0.2) is 31.1 Å². The van der Waals surface area contributed by atoms with Crippen LogP contribution < -0.4 is 0 Å². The molecular formula is C5H10N2O3P+. The molecule has 0 fully saturated rings. The van der Waals surface area contributed by atoms with E-state index >= 15 is 0 Å². The molecule has 0 aliphatic carbocycles. The maximum Gasteiger partial charge on any atom is 0.722 e. The van der Waals surface area contributed by atoms with Crippen molar-refractivity contribution in [2.75, 3.05) is 19.7 Å². The van der Waals surface area contributed by atoms with Crippen LogP contribution in [0.15, 0.2) is 4.99 Å². The van der Waals surface area contributed by atoms with Crippen LogP contribution in [0.3, 0.4) is 0 Å². The van der Waals surface area contributed by atoms with Crippen LogP contribution >= 0.6 is 8.25 Å². The maximum absolute atomic E-state index is 10.8. The molecule has 62 valence electrons. The Labute approximate surface area is 65.9 Å². The Bertz CT molecular complexity index is 173.